The maximum atomic E-state index is 12.6. The van der Waals surface area contributed by atoms with Gasteiger partial charge in [-0.2, -0.15) is 5.10 Å². The van der Waals surface area contributed by atoms with Crippen molar-refractivity contribution in [2.75, 3.05) is 0 Å². The Morgan fingerprint density at radius 3 is 2.30 bits per heavy atom. The van der Waals surface area contributed by atoms with Crippen LogP contribution >= 0.6 is 0 Å². The molecule has 1 aromatic carbocycles. The van der Waals surface area contributed by atoms with E-state index in [9.17, 15) is 9.59 Å². The maximum Gasteiger partial charge on any atom is 0.244 e. The molecule has 122 valence electrons. The Labute approximate surface area is 135 Å². The fourth-order valence-electron chi connectivity index (χ4n) is 2.78. The number of primary amides is 1. The minimum Gasteiger partial charge on any atom is -0.368 e. The minimum absolute atomic E-state index is 0.253. The number of aromatic nitrogens is 2. The fraction of sp³-hybridized carbons (Fsp3) is 0.353. The van der Waals surface area contributed by atoms with E-state index >= 15 is 0 Å². The Kier molecular flexibility index (Phi) is 4.83. The van der Waals surface area contributed by atoms with Crippen LogP contribution in [-0.4, -0.2) is 21.6 Å². The molecule has 23 heavy (non-hydrogen) atoms. The van der Waals surface area contributed by atoms with Crippen LogP contribution in [0.4, 0.5) is 0 Å². The molecule has 2 aromatic rings. The van der Waals surface area contributed by atoms with E-state index in [4.69, 9.17) is 5.73 Å². The molecule has 0 fully saturated rings. The van der Waals surface area contributed by atoms with Gasteiger partial charge in [-0.15, -0.1) is 0 Å². The predicted octanol–water partition coefficient (Wildman–Crippen LogP) is 1.48. The van der Waals surface area contributed by atoms with Crippen LogP contribution in [0.1, 0.15) is 41.4 Å². The lowest BCUT2D eigenvalue weighted by atomic mass is 9.97. The summed E-state index contributed by atoms with van der Waals surface area (Å²) < 4.78 is 1.75. The summed E-state index contributed by atoms with van der Waals surface area (Å²) in [5, 5.41) is 7.08. The van der Waals surface area contributed by atoms with Crippen LogP contribution in [0.2, 0.25) is 0 Å². The maximum absolute atomic E-state index is 12.6. The number of amides is 2. The van der Waals surface area contributed by atoms with Crippen LogP contribution in [0.5, 0.6) is 0 Å². The molecule has 2 atom stereocenters. The van der Waals surface area contributed by atoms with Gasteiger partial charge < -0.3 is 11.1 Å². The molecule has 0 aliphatic heterocycles. The predicted molar refractivity (Wildman–Crippen MR) is 87.6 cm³/mol. The molecular formula is C17H22N4O2. The molecule has 3 N–H and O–H groups in total. The van der Waals surface area contributed by atoms with Gasteiger partial charge in [0, 0.05) is 18.3 Å². The van der Waals surface area contributed by atoms with Crippen molar-refractivity contribution < 1.29 is 9.59 Å². The first kappa shape index (κ1) is 16.7. The summed E-state index contributed by atoms with van der Waals surface area (Å²) >= 11 is 0. The topological polar surface area (TPSA) is 90.0 Å². The Morgan fingerprint density at radius 2 is 1.83 bits per heavy atom. The summed E-state index contributed by atoms with van der Waals surface area (Å²) in [5.74, 6) is -1.26. The summed E-state index contributed by atoms with van der Waals surface area (Å²) in [5.41, 5.74) is 8.73. The number of carbonyl (C=O) groups excluding carboxylic acids is 2. The second-order valence-corrected chi connectivity index (χ2v) is 5.68. The summed E-state index contributed by atoms with van der Waals surface area (Å²) in [6.07, 6.45) is 0. The zero-order valence-electron chi connectivity index (χ0n) is 13.8. The number of nitrogens with zero attached hydrogens (tertiary/aromatic N) is 2. The molecule has 0 spiro atoms. The van der Waals surface area contributed by atoms with E-state index in [-0.39, 0.29) is 5.91 Å². The number of carbonyl (C=O) groups is 2. The van der Waals surface area contributed by atoms with Crippen molar-refractivity contribution >= 4 is 11.8 Å². The van der Waals surface area contributed by atoms with E-state index in [1.807, 2.05) is 27.0 Å². The highest BCUT2D eigenvalue weighted by atomic mass is 16.2. The van der Waals surface area contributed by atoms with Gasteiger partial charge in [0.05, 0.1) is 11.6 Å². The number of nitrogens with two attached hydrogens (primary N) is 1. The van der Waals surface area contributed by atoms with Crippen LogP contribution in [0.15, 0.2) is 30.3 Å². The Hall–Kier alpha value is -2.63. The van der Waals surface area contributed by atoms with E-state index < -0.39 is 17.9 Å². The zero-order valence-corrected chi connectivity index (χ0v) is 13.8. The van der Waals surface area contributed by atoms with Crippen LogP contribution in [0.25, 0.3) is 0 Å². The smallest absolute Gasteiger partial charge is 0.244 e. The van der Waals surface area contributed by atoms with E-state index in [2.05, 4.69) is 10.4 Å². The normalized spacial score (nSPS) is 13.4. The van der Waals surface area contributed by atoms with Crippen LogP contribution < -0.4 is 11.1 Å². The van der Waals surface area contributed by atoms with Gasteiger partial charge in [0.1, 0.15) is 6.04 Å². The Bertz CT molecular complexity index is 722. The first-order chi connectivity index (χ1) is 10.8. The van der Waals surface area contributed by atoms with E-state index in [0.717, 1.165) is 17.0 Å². The second-order valence-electron chi connectivity index (χ2n) is 5.68. The number of aryl methyl sites for hydroxylation is 2. The molecule has 0 bridgehead atoms. The number of rotatable bonds is 5. The van der Waals surface area contributed by atoms with Crippen molar-refractivity contribution in [1.29, 1.82) is 0 Å². The molecule has 0 aliphatic carbocycles. The molecule has 0 unspecified atom stereocenters. The van der Waals surface area contributed by atoms with Crippen molar-refractivity contribution in [2.24, 2.45) is 12.8 Å². The summed E-state index contributed by atoms with van der Waals surface area (Å²) in [6, 6.07) is 8.13. The van der Waals surface area contributed by atoms with Gasteiger partial charge in [0.2, 0.25) is 11.8 Å². The van der Waals surface area contributed by atoms with Crippen molar-refractivity contribution in [3.05, 3.63) is 52.8 Å². The Morgan fingerprint density at radius 1 is 1.22 bits per heavy atom. The summed E-state index contributed by atoms with van der Waals surface area (Å²) in [4.78, 5) is 24.3. The molecule has 0 radical (unpaired) electrons. The lowest BCUT2D eigenvalue weighted by Crippen LogP contribution is -2.39. The van der Waals surface area contributed by atoms with Crippen LogP contribution in [0, 0.1) is 13.8 Å². The first-order valence-corrected chi connectivity index (χ1v) is 7.47. The lowest BCUT2D eigenvalue weighted by Gasteiger charge is -2.19. The zero-order chi connectivity index (χ0) is 17.1. The highest BCUT2D eigenvalue weighted by molar-refractivity contribution is 5.90. The third-order valence-electron chi connectivity index (χ3n) is 4.10. The number of hydrogen-bond acceptors (Lipinski definition) is 3. The fourth-order valence-corrected chi connectivity index (χ4v) is 2.78. The van der Waals surface area contributed by atoms with E-state index in [1.54, 1.807) is 35.9 Å². The van der Waals surface area contributed by atoms with Gasteiger partial charge in [-0.05, 0) is 26.3 Å². The number of nitrogens with one attached hydrogen (secondary N) is 1. The van der Waals surface area contributed by atoms with E-state index in [0.29, 0.717) is 5.56 Å². The highest BCUT2D eigenvalue weighted by Gasteiger charge is 2.27. The number of hydrogen-bond donors (Lipinski definition) is 2. The van der Waals surface area contributed by atoms with Crippen molar-refractivity contribution in [3.8, 4) is 0 Å². The van der Waals surface area contributed by atoms with Crippen LogP contribution in [-0.2, 0) is 16.6 Å². The third kappa shape index (κ3) is 3.41. The molecule has 2 amide bonds. The SMILES string of the molecule is Cc1nn(C)c(C)c1[C@H](C)C(=O)N[C@H](C(N)=O)c1ccccc1. The first-order valence-electron chi connectivity index (χ1n) is 7.47. The van der Waals surface area contributed by atoms with Crippen molar-refractivity contribution in [2.45, 2.75) is 32.7 Å². The van der Waals surface area contributed by atoms with E-state index in [1.165, 1.54) is 0 Å². The van der Waals surface area contributed by atoms with Gasteiger partial charge in [-0.1, -0.05) is 30.3 Å². The molecular weight excluding hydrogens is 292 g/mol. The molecule has 1 aromatic heterocycles. The van der Waals surface area contributed by atoms with Crippen molar-refractivity contribution in [3.63, 3.8) is 0 Å². The standard InChI is InChI=1S/C17H22N4O2/c1-10(14-11(2)20-21(4)12(14)3)17(23)19-15(16(18)22)13-8-6-5-7-9-13/h5-10,15H,1-4H3,(H2,18,22)(H,19,23)/t10-,15-/m0/s1. The van der Waals surface area contributed by atoms with Gasteiger partial charge in [0.15, 0.2) is 0 Å². The summed E-state index contributed by atoms with van der Waals surface area (Å²) in [6.45, 7) is 5.59. The average molecular weight is 314 g/mol. The second kappa shape index (κ2) is 6.64. The summed E-state index contributed by atoms with van der Waals surface area (Å²) in [7, 11) is 1.84. The quantitative estimate of drug-likeness (QED) is 0.876. The molecule has 1 heterocycles. The minimum atomic E-state index is -0.844. The molecule has 0 saturated heterocycles. The number of benzene rings is 1. The lowest BCUT2D eigenvalue weighted by molar-refractivity contribution is -0.128. The largest absolute Gasteiger partial charge is 0.368 e. The van der Waals surface area contributed by atoms with Gasteiger partial charge >= 0.3 is 0 Å². The molecule has 6 nitrogen and oxygen atoms in total. The highest BCUT2D eigenvalue weighted by Crippen LogP contribution is 2.24. The third-order valence-corrected chi connectivity index (χ3v) is 4.10. The van der Waals surface area contributed by atoms with Gasteiger partial charge in [-0.3, -0.25) is 14.3 Å². The van der Waals surface area contributed by atoms with Crippen molar-refractivity contribution in [1.82, 2.24) is 15.1 Å². The van der Waals surface area contributed by atoms with Crippen LogP contribution in [0.3, 0.4) is 0 Å². The van der Waals surface area contributed by atoms with Gasteiger partial charge in [-0.25, -0.2) is 0 Å². The molecule has 6 heteroatoms. The molecule has 0 aliphatic rings. The monoisotopic (exact) mass is 314 g/mol. The Balaban J connectivity index is 2.24. The molecule has 0 saturated carbocycles. The molecule has 2 rings (SSSR count). The van der Waals surface area contributed by atoms with Gasteiger partial charge in [0.25, 0.3) is 0 Å². The average Bonchev–Trinajstić information content (AvgIpc) is 2.77.